The van der Waals surface area contributed by atoms with Crippen molar-refractivity contribution in [2.75, 3.05) is 18.6 Å². The van der Waals surface area contributed by atoms with Gasteiger partial charge in [-0.1, -0.05) is 12.1 Å². The number of amides is 2. The molecule has 0 radical (unpaired) electrons. The van der Waals surface area contributed by atoms with E-state index >= 15 is 0 Å². The molecule has 164 valence electrons. The number of esters is 1. The van der Waals surface area contributed by atoms with Crippen molar-refractivity contribution in [2.45, 2.75) is 19.3 Å². The predicted octanol–water partition coefficient (Wildman–Crippen LogP) is 3.27. The fourth-order valence-electron chi connectivity index (χ4n) is 5.56. The monoisotopic (exact) mass is 433 g/mol. The molecular formula is C25H23NO6. The van der Waals surface area contributed by atoms with Crippen molar-refractivity contribution in [1.29, 1.82) is 0 Å². The van der Waals surface area contributed by atoms with E-state index in [2.05, 4.69) is 0 Å². The number of carbonyl (C=O) groups excluding carboxylic acids is 4. The zero-order valence-corrected chi connectivity index (χ0v) is 17.7. The van der Waals surface area contributed by atoms with Crippen LogP contribution in [0.1, 0.15) is 40.0 Å². The number of fused-ring (bicyclic) bond motifs is 5. The number of rotatable bonds is 6. The molecule has 2 saturated carbocycles. The van der Waals surface area contributed by atoms with Crippen molar-refractivity contribution in [2.24, 2.45) is 23.7 Å². The number of carbonyl (C=O) groups is 4. The van der Waals surface area contributed by atoms with Crippen LogP contribution in [0.25, 0.3) is 0 Å². The lowest BCUT2D eigenvalue weighted by Crippen LogP contribution is -2.34. The number of nitrogens with zero attached hydrogens (tertiary/aromatic N) is 1. The Kier molecular flexibility index (Phi) is 5.04. The highest BCUT2D eigenvalue weighted by molar-refractivity contribution is 6.24. The topological polar surface area (TPSA) is 90.0 Å². The smallest absolute Gasteiger partial charge is 0.340 e. The first kappa shape index (κ1) is 20.4. The minimum absolute atomic E-state index is 0.101. The van der Waals surface area contributed by atoms with Gasteiger partial charge < -0.3 is 9.47 Å². The molecular weight excluding hydrogens is 410 g/mol. The predicted molar refractivity (Wildman–Crippen MR) is 114 cm³/mol. The first-order valence-corrected chi connectivity index (χ1v) is 10.8. The first-order chi connectivity index (χ1) is 15.5. The molecule has 3 fully saturated rings. The Bertz CT molecular complexity index is 1080. The highest BCUT2D eigenvalue weighted by atomic mass is 16.5. The van der Waals surface area contributed by atoms with Crippen molar-refractivity contribution in [3.8, 4) is 5.75 Å². The van der Waals surface area contributed by atoms with Gasteiger partial charge in [0.15, 0.2) is 12.4 Å². The lowest BCUT2D eigenvalue weighted by molar-refractivity contribution is -0.123. The summed E-state index contributed by atoms with van der Waals surface area (Å²) in [4.78, 5) is 52.7. The summed E-state index contributed by atoms with van der Waals surface area (Å²) >= 11 is 0. The fourth-order valence-corrected chi connectivity index (χ4v) is 5.56. The maximum absolute atomic E-state index is 13.2. The summed E-state index contributed by atoms with van der Waals surface area (Å²) in [5.74, 6) is -0.973. The van der Waals surface area contributed by atoms with Gasteiger partial charge in [-0.25, -0.2) is 9.69 Å². The fraction of sp³-hybridized carbons (Fsp3) is 0.360. The Balaban J connectivity index is 1.33. The third kappa shape index (κ3) is 3.20. The summed E-state index contributed by atoms with van der Waals surface area (Å²) in [7, 11) is 1.53. The van der Waals surface area contributed by atoms with Crippen LogP contribution >= 0.6 is 0 Å². The number of ketones is 1. The third-order valence-corrected chi connectivity index (χ3v) is 7.04. The van der Waals surface area contributed by atoms with E-state index in [9.17, 15) is 19.2 Å². The van der Waals surface area contributed by atoms with Crippen LogP contribution < -0.4 is 9.64 Å². The largest absolute Gasteiger partial charge is 0.497 e. The molecule has 1 saturated heterocycles. The lowest BCUT2D eigenvalue weighted by atomic mass is 9.81. The maximum atomic E-state index is 13.2. The highest BCUT2D eigenvalue weighted by Crippen LogP contribution is 2.56. The molecule has 2 aromatic carbocycles. The van der Waals surface area contributed by atoms with Crippen LogP contribution in [0.3, 0.4) is 0 Å². The van der Waals surface area contributed by atoms with Crippen molar-refractivity contribution in [3.63, 3.8) is 0 Å². The zero-order valence-electron chi connectivity index (χ0n) is 17.7. The second-order valence-corrected chi connectivity index (χ2v) is 8.64. The number of imide groups is 1. The summed E-state index contributed by atoms with van der Waals surface area (Å²) in [6.45, 7) is -0.448. The van der Waals surface area contributed by atoms with Gasteiger partial charge in [0.25, 0.3) is 0 Å². The Morgan fingerprint density at radius 3 is 2.19 bits per heavy atom. The molecule has 2 aliphatic carbocycles. The van der Waals surface area contributed by atoms with Crippen LogP contribution in [0.4, 0.5) is 5.69 Å². The van der Waals surface area contributed by atoms with Crippen molar-refractivity contribution in [3.05, 3.63) is 59.7 Å². The Morgan fingerprint density at radius 2 is 1.56 bits per heavy atom. The van der Waals surface area contributed by atoms with Gasteiger partial charge in [0.05, 0.1) is 30.2 Å². The van der Waals surface area contributed by atoms with E-state index in [0.717, 1.165) is 19.3 Å². The molecule has 1 aliphatic heterocycles. The molecule has 0 unspecified atom stereocenters. The summed E-state index contributed by atoms with van der Waals surface area (Å²) < 4.78 is 10.3. The van der Waals surface area contributed by atoms with Crippen molar-refractivity contribution in [1.82, 2.24) is 0 Å². The first-order valence-electron chi connectivity index (χ1n) is 10.8. The third-order valence-electron chi connectivity index (χ3n) is 7.04. The van der Waals surface area contributed by atoms with E-state index in [0.29, 0.717) is 11.3 Å². The standard InChI is InChI=1S/C25H23NO6/c1-31-17-10-8-14(9-11-17)20(27)13-32-25(30)18-4-2-3-5-19(18)26-23(28)21-15-6-7-16(12-15)22(21)24(26)29/h2-5,8-11,15-16,21-22H,6-7,12-13H2,1H3/t15-,16-,21-,22+/m0/s1. The van der Waals surface area contributed by atoms with Crippen LogP contribution in [0, 0.1) is 23.7 Å². The number of methoxy groups -OCH3 is 1. The van der Waals surface area contributed by atoms with Crippen LogP contribution in [0.2, 0.25) is 0 Å². The molecule has 5 rings (SSSR count). The number of para-hydroxylation sites is 1. The maximum Gasteiger partial charge on any atom is 0.340 e. The molecule has 1 heterocycles. The summed E-state index contributed by atoms with van der Waals surface area (Å²) in [6.07, 6.45) is 2.91. The van der Waals surface area contributed by atoms with E-state index in [4.69, 9.17) is 9.47 Å². The molecule has 2 amide bonds. The number of ether oxygens (including phenoxy) is 2. The zero-order chi connectivity index (χ0) is 22.4. The molecule has 2 bridgehead atoms. The van der Waals surface area contributed by atoms with Gasteiger partial charge in [-0.15, -0.1) is 0 Å². The van der Waals surface area contributed by atoms with Crippen LogP contribution in [0.15, 0.2) is 48.5 Å². The van der Waals surface area contributed by atoms with Gasteiger partial charge in [-0.05, 0) is 67.5 Å². The minimum Gasteiger partial charge on any atom is -0.497 e. The van der Waals surface area contributed by atoms with Gasteiger partial charge >= 0.3 is 5.97 Å². The highest BCUT2D eigenvalue weighted by Gasteiger charge is 2.61. The minimum atomic E-state index is -0.747. The Hall–Kier alpha value is -3.48. The molecule has 2 aromatic rings. The second-order valence-electron chi connectivity index (χ2n) is 8.64. The molecule has 3 aliphatic rings. The second kappa shape index (κ2) is 7.89. The molecule has 7 nitrogen and oxygen atoms in total. The molecule has 0 aromatic heterocycles. The summed E-state index contributed by atoms with van der Waals surface area (Å²) in [5.41, 5.74) is 0.724. The van der Waals surface area contributed by atoms with Crippen molar-refractivity contribution >= 4 is 29.3 Å². The summed E-state index contributed by atoms with van der Waals surface area (Å²) in [5, 5.41) is 0. The Labute approximate surface area is 185 Å². The van der Waals surface area contributed by atoms with Gasteiger partial charge in [0.1, 0.15) is 5.75 Å². The van der Waals surface area contributed by atoms with Crippen LogP contribution in [-0.4, -0.2) is 37.3 Å². The molecule has 0 N–H and O–H groups in total. The summed E-state index contributed by atoms with van der Waals surface area (Å²) in [6, 6.07) is 12.9. The van der Waals surface area contributed by atoms with Gasteiger partial charge in [0.2, 0.25) is 11.8 Å². The van der Waals surface area contributed by atoms with Gasteiger partial charge in [-0.2, -0.15) is 0 Å². The molecule has 32 heavy (non-hydrogen) atoms. The lowest BCUT2D eigenvalue weighted by Gasteiger charge is -2.19. The normalized spacial score (nSPS) is 25.7. The van der Waals surface area contributed by atoms with E-state index < -0.39 is 12.6 Å². The SMILES string of the molecule is COc1ccc(C(=O)COC(=O)c2ccccc2N2C(=O)[C@@H]3[C@H]4CC[C@@H](C4)[C@@H]3C2=O)cc1. The number of hydrogen-bond acceptors (Lipinski definition) is 6. The number of Topliss-reactive ketones (excluding diaryl/α,β-unsaturated/α-hetero) is 1. The number of anilines is 1. The molecule has 7 heteroatoms. The average molecular weight is 433 g/mol. The molecule has 0 spiro atoms. The number of benzene rings is 2. The van der Waals surface area contributed by atoms with Crippen LogP contribution in [-0.2, 0) is 14.3 Å². The van der Waals surface area contributed by atoms with Gasteiger partial charge in [0, 0.05) is 5.56 Å². The van der Waals surface area contributed by atoms with E-state index in [-0.39, 0.29) is 52.5 Å². The number of hydrogen-bond donors (Lipinski definition) is 0. The van der Waals surface area contributed by atoms with E-state index in [1.165, 1.54) is 18.1 Å². The van der Waals surface area contributed by atoms with Gasteiger partial charge in [-0.3, -0.25) is 14.4 Å². The van der Waals surface area contributed by atoms with E-state index in [1.807, 2.05) is 0 Å². The quantitative estimate of drug-likeness (QED) is 0.395. The Morgan fingerprint density at radius 1 is 0.938 bits per heavy atom. The average Bonchev–Trinajstić information content (AvgIpc) is 3.51. The van der Waals surface area contributed by atoms with Crippen molar-refractivity contribution < 1.29 is 28.7 Å². The van der Waals surface area contributed by atoms with Crippen LogP contribution in [0.5, 0.6) is 5.75 Å². The van der Waals surface area contributed by atoms with E-state index in [1.54, 1.807) is 42.5 Å². The molecule has 4 atom stereocenters.